The summed E-state index contributed by atoms with van der Waals surface area (Å²) < 4.78 is 13.5. The molecule has 1 fully saturated rings. The Labute approximate surface area is 161 Å². The minimum absolute atomic E-state index is 0.254. The van der Waals surface area contributed by atoms with Gasteiger partial charge in [0.1, 0.15) is 22.8 Å². The topological polar surface area (TPSA) is 58.1 Å². The molecule has 0 bridgehead atoms. The van der Waals surface area contributed by atoms with Gasteiger partial charge in [0.05, 0.1) is 10.9 Å². The lowest BCUT2D eigenvalue weighted by atomic mass is 10.1. The fourth-order valence-electron chi connectivity index (χ4n) is 3.58. The molecule has 1 aliphatic rings. The summed E-state index contributed by atoms with van der Waals surface area (Å²) >= 11 is 1.49. The highest BCUT2D eigenvalue weighted by Gasteiger charge is 2.24. The van der Waals surface area contributed by atoms with E-state index in [1.807, 2.05) is 6.92 Å². The van der Waals surface area contributed by atoms with E-state index in [9.17, 15) is 9.18 Å². The molecule has 3 heterocycles. The van der Waals surface area contributed by atoms with E-state index in [-0.39, 0.29) is 11.7 Å². The summed E-state index contributed by atoms with van der Waals surface area (Å²) in [4.78, 5) is 25.9. The fraction of sp³-hybridized carbons (Fsp3) is 0.350. The maximum atomic E-state index is 13.5. The van der Waals surface area contributed by atoms with Gasteiger partial charge in [-0.15, -0.1) is 11.3 Å². The molecular weight excluding hydrogens is 363 g/mol. The molecule has 140 valence electrons. The maximum Gasteiger partial charge on any atom is 0.257 e. The number of aryl methyl sites for hydroxylation is 1. The maximum absolute atomic E-state index is 13.5. The van der Waals surface area contributed by atoms with Crippen molar-refractivity contribution in [2.75, 3.05) is 23.3 Å². The third kappa shape index (κ3) is 3.64. The van der Waals surface area contributed by atoms with Crippen molar-refractivity contribution in [3.8, 4) is 0 Å². The third-order valence-corrected chi connectivity index (χ3v) is 5.87. The second-order valence-electron chi connectivity index (χ2n) is 6.78. The third-order valence-electron chi connectivity index (χ3n) is 4.86. The molecule has 0 atom stereocenters. The van der Waals surface area contributed by atoms with Crippen molar-refractivity contribution >= 4 is 39.0 Å². The Hall–Kier alpha value is -2.54. The highest BCUT2D eigenvalue weighted by atomic mass is 32.1. The molecule has 2 aromatic heterocycles. The molecule has 3 aromatic rings. The monoisotopic (exact) mass is 384 g/mol. The van der Waals surface area contributed by atoms with Gasteiger partial charge in [0.15, 0.2) is 0 Å². The van der Waals surface area contributed by atoms with Crippen LogP contribution in [0.1, 0.15) is 40.9 Å². The SMILES string of the molecule is Cc1sc2ncnc(N3CCCCCC3)c2c1C(=O)Nc1cccc(F)c1. The van der Waals surface area contributed by atoms with Crippen LogP contribution in [-0.2, 0) is 0 Å². The number of thiophene rings is 1. The van der Waals surface area contributed by atoms with Crippen molar-refractivity contribution in [3.63, 3.8) is 0 Å². The van der Waals surface area contributed by atoms with Crippen LogP contribution < -0.4 is 10.2 Å². The van der Waals surface area contributed by atoms with Gasteiger partial charge >= 0.3 is 0 Å². The van der Waals surface area contributed by atoms with Crippen molar-refractivity contribution < 1.29 is 9.18 Å². The van der Waals surface area contributed by atoms with Crippen molar-refractivity contribution in [3.05, 3.63) is 46.9 Å². The van der Waals surface area contributed by atoms with E-state index in [2.05, 4.69) is 20.2 Å². The number of rotatable bonds is 3. The van der Waals surface area contributed by atoms with Gasteiger partial charge in [-0.1, -0.05) is 18.9 Å². The molecule has 0 unspecified atom stereocenters. The number of fused-ring (bicyclic) bond motifs is 1. The van der Waals surface area contributed by atoms with Gasteiger partial charge < -0.3 is 10.2 Å². The lowest BCUT2D eigenvalue weighted by Crippen LogP contribution is -2.25. The minimum Gasteiger partial charge on any atom is -0.356 e. The molecule has 5 nitrogen and oxygen atoms in total. The normalized spacial score (nSPS) is 15.0. The summed E-state index contributed by atoms with van der Waals surface area (Å²) in [6, 6.07) is 5.92. The Bertz CT molecular complexity index is 979. The fourth-order valence-corrected chi connectivity index (χ4v) is 4.57. The van der Waals surface area contributed by atoms with Gasteiger partial charge in [-0.25, -0.2) is 14.4 Å². The van der Waals surface area contributed by atoms with E-state index in [1.54, 1.807) is 18.5 Å². The number of hydrogen-bond acceptors (Lipinski definition) is 5. The Balaban J connectivity index is 1.75. The first-order valence-corrected chi connectivity index (χ1v) is 10.0. The zero-order valence-corrected chi connectivity index (χ0v) is 16.0. The molecule has 1 N–H and O–H groups in total. The second-order valence-corrected chi connectivity index (χ2v) is 7.98. The summed E-state index contributed by atoms with van der Waals surface area (Å²) in [7, 11) is 0. The number of anilines is 2. The van der Waals surface area contributed by atoms with Crippen LogP contribution in [-0.4, -0.2) is 29.0 Å². The molecule has 0 saturated carbocycles. The van der Waals surface area contributed by atoms with Gasteiger partial charge in [0.25, 0.3) is 5.91 Å². The van der Waals surface area contributed by atoms with E-state index in [0.717, 1.165) is 46.8 Å². The van der Waals surface area contributed by atoms with Gasteiger partial charge in [0.2, 0.25) is 0 Å². The number of aromatic nitrogens is 2. The van der Waals surface area contributed by atoms with Crippen LogP contribution in [0.25, 0.3) is 10.2 Å². The minimum atomic E-state index is -0.381. The van der Waals surface area contributed by atoms with Crippen LogP contribution in [0.3, 0.4) is 0 Å². The predicted octanol–water partition coefficient (Wildman–Crippen LogP) is 4.77. The highest BCUT2D eigenvalue weighted by Crippen LogP contribution is 2.36. The summed E-state index contributed by atoms with van der Waals surface area (Å²) in [5, 5.41) is 3.62. The zero-order chi connectivity index (χ0) is 18.8. The zero-order valence-electron chi connectivity index (χ0n) is 15.2. The number of halogens is 1. The van der Waals surface area contributed by atoms with Crippen molar-refractivity contribution in [1.82, 2.24) is 9.97 Å². The number of nitrogens with zero attached hydrogens (tertiary/aromatic N) is 3. The van der Waals surface area contributed by atoms with Gasteiger partial charge in [-0.2, -0.15) is 0 Å². The second kappa shape index (κ2) is 7.60. The number of amides is 1. The van der Waals surface area contributed by atoms with Crippen LogP contribution in [0.4, 0.5) is 15.9 Å². The van der Waals surface area contributed by atoms with Crippen molar-refractivity contribution in [2.45, 2.75) is 32.6 Å². The molecule has 0 aliphatic carbocycles. The quantitative estimate of drug-likeness (QED) is 0.707. The molecule has 0 radical (unpaired) electrons. The van der Waals surface area contributed by atoms with Crippen molar-refractivity contribution in [1.29, 1.82) is 0 Å². The van der Waals surface area contributed by atoms with Crippen LogP contribution in [0, 0.1) is 12.7 Å². The number of benzene rings is 1. The smallest absolute Gasteiger partial charge is 0.257 e. The average molecular weight is 384 g/mol. The lowest BCUT2D eigenvalue weighted by molar-refractivity contribution is 0.102. The summed E-state index contributed by atoms with van der Waals surface area (Å²) in [5.74, 6) is 0.194. The highest BCUT2D eigenvalue weighted by molar-refractivity contribution is 7.19. The standard InChI is InChI=1S/C20H21FN4OS/c1-13-16(19(26)24-15-8-6-7-14(21)11-15)17-18(22-12-23-20(17)27-13)25-9-4-2-3-5-10-25/h6-8,11-12H,2-5,9-10H2,1H3,(H,24,26). The summed E-state index contributed by atoms with van der Waals surface area (Å²) in [6.45, 7) is 3.79. The first kappa shape index (κ1) is 17.9. The molecular formula is C20H21FN4OS. The van der Waals surface area contributed by atoms with Gasteiger partial charge in [-0.3, -0.25) is 4.79 Å². The first-order valence-electron chi connectivity index (χ1n) is 9.19. The van der Waals surface area contributed by atoms with Crippen LogP contribution in [0.5, 0.6) is 0 Å². The number of carbonyl (C=O) groups excluding carboxylic acids is 1. The molecule has 1 aromatic carbocycles. The van der Waals surface area contributed by atoms with E-state index >= 15 is 0 Å². The Kier molecular flexibility index (Phi) is 5.03. The average Bonchev–Trinajstić information content (AvgIpc) is 2.81. The van der Waals surface area contributed by atoms with E-state index in [0.29, 0.717) is 11.3 Å². The Morgan fingerprint density at radius 3 is 2.70 bits per heavy atom. The van der Waals surface area contributed by atoms with Crippen LogP contribution in [0.2, 0.25) is 0 Å². The summed E-state index contributed by atoms with van der Waals surface area (Å²) in [5.41, 5.74) is 1.02. The van der Waals surface area contributed by atoms with E-state index in [4.69, 9.17) is 0 Å². The molecule has 27 heavy (non-hydrogen) atoms. The molecule has 4 rings (SSSR count). The van der Waals surface area contributed by atoms with Crippen LogP contribution in [0.15, 0.2) is 30.6 Å². The molecule has 1 aliphatic heterocycles. The Morgan fingerprint density at radius 1 is 1.19 bits per heavy atom. The lowest BCUT2D eigenvalue weighted by Gasteiger charge is -2.22. The number of hydrogen-bond donors (Lipinski definition) is 1. The molecule has 1 amide bonds. The van der Waals surface area contributed by atoms with E-state index < -0.39 is 0 Å². The molecule has 0 spiro atoms. The predicted molar refractivity (Wildman–Crippen MR) is 107 cm³/mol. The van der Waals surface area contributed by atoms with Gasteiger partial charge in [0, 0.05) is 23.7 Å². The first-order chi connectivity index (χ1) is 13.1. The van der Waals surface area contributed by atoms with E-state index in [1.165, 1.54) is 36.3 Å². The largest absolute Gasteiger partial charge is 0.356 e. The Morgan fingerprint density at radius 2 is 1.96 bits per heavy atom. The van der Waals surface area contributed by atoms with Crippen molar-refractivity contribution in [2.24, 2.45) is 0 Å². The number of carbonyl (C=O) groups is 1. The summed E-state index contributed by atoms with van der Waals surface area (Å²) in [6.07, 6.45) is 6.27. The van der Waals surface area contributed by atoms with Gasteiger partial charge in [-0.05, 0) is 38.0 Å². The molecule has 7 heteroatoms. The molecule has 1 saturated heterocycles. The number of nitrogens with one attached hydrogen (secondary N) is 1. The van der Waals surface area contributed by atoms with Crippen LogP contribution >= 0.6 is 11.3 Å².